The van der Waals surface area contributed by atoms with Crippen LogP contribution in [0.3, 0.4) is 0 Å². The summed E-state index contributed by atoms with van der Waals surface area (Å²) in [6, 6.07) is 6.26. The third kappa shape index (κ3) is 3.76. The molecule has 110 valence electrons. The van der Waals surface area contributed by atoms with E-state index in [1.807, 2.05) is 0 Å². The van der Waals surface area contributed by atoms with Crippen LogP contribution in [0.15, 0.2) is 24.3 Å². The summed E-state index contributed by atoms with van der Waals surface area (Å²) in [5, 5.41) is 13.7. The number of nitro groups is 1. The smallest absolute Gasteiger partial charge is 0.269 e. The molecule has 1 aromatic carbocycles. The van der Waals surface area contributed by atoms with Crippen LogP contribution in [0.4, 0.5) is 10.8 Å². The Morgan fingerprint density at radius 2 is 2.10 bits per heavy atom. The number of hydrogen-bond acceptors (Lipinski definition) is 6. The van der Waals surface area contributed by atoms with Crippen molar-refractivity contribution < 1.29 is 9.72 Å². The highest BCUT2D eigenvalue weighted by atomic mass is 32.1. The quantitative estimate of drug-likeness (QED) is 0.647. The number of thiazole rings is 1. The molecule has 3 N–H and O–H groups in total. The lowest BCUT2D eigenvalue weighted by molar-refractivity contribution is -0.384. The second kappa shape index (κ2) is 6.31. The first-order chi connectivity index (χ1) is 9.97. The molecular weight excluding hydrogens is 292 g/mol. The van der Waals surface area contributed by atoms with Gasteiger partial charge in [-0.15, -0.1) is 0 Å². The number of benzene rings is 1. The lowest BCUT2D eigenvalue weighted by Crippen LogP contribution is -2.25. The lowest BCUT2D eigenvalue weighted by atomic mass is 10.1. The third-order valence-electron chi connectivity index (χ3n) is 2.87. The number of nitrogens with one attached hydrogen (secondary N) is 1. The van der Waals surface area contributed by atoms with Gasteiger partial charge in [-0.25, -0.2) is 4.98 Å². The number of non-ortho nitro benzene ring substituents is 1. The molecule has 7 nitrogen and oxygen atoms in total. The minimum absolute atomic E-state index is 0.0542. The van der Waals surface area contributed by atoms with Crippen LogP contribution < -0.4 is 11.1 Å². The van der Waals surface area contributed by atoms with Gasteiger partial charge < -0.3 is 11.1 Å². The molecule has 1 amide bonds. The number of rotatable bonds is 5. The Morgan fingerprint density at radius 3 is 2.62 bits per heavy atom. The summed E-state index contributed by atoms with van der Waals surface area (Å²) in [7, 11) is 0. The average Bonchev–Trinajstić information content (AvgIpc) is 2.78. The molecule has 2 aromatic rings. The van der Waals surface area contributed by atoms with E-state index < -0.39 is 4.92 Å². The van der Waals surface area contributed by atoms with E-state index in [1.165, 1.54) is 12.1 Å². The van der Waals surface area contributed by atoms with Gasteiger partial charge in [-0.3, -0.25) is 14.9 Å². The summed E-state index contributed by atoms with van der Waals surface area (Å²) in [5.74, 6) is -0.205. The van der Waals surface area contributed by atoms with E-state index in [1.54, 1.807) is 19.1 Å². The topological polar surface area (TPSA) is 111 Å². The van der Waals surface area contributed by atoms with Crippen LogP contribution in [-0.4, -0.2) is 22.4 Å². The monoisotopic (exact) mass is 306 g/mol. The number of nitro benzene ring substituents is 1. The van der Waals surface area contributed by atoms with Crippen molar-refractivity contribution in [1.82, 2.24) is 10.3 Å². The van der Waals surface area contributed by atoms with Gasteiger partial charge in [-0.05, 0) is 18.9 Å². The highest BCUT2D eigenvalue weighted by Gasteiger charge is 2.13. The van der Waals surface area contributed by atoms with E-state index in [4.69, 9.17) is 5.73 Å². The number of nitrogens with zero attached hydrogens (tertiary/aromatic N) is 2. The summed E-state index contributed by atoms with van der Waals surface area (Å²) in [6.45, 7) is 2.17. The van der Waals surface area contributed by atoms with Gasteiger partial charge in [0, 0.05) is 18.7 Å². The van der Waals surface area contributed by atoms with Crippen LogP contribution in [0.5, 0.6) is 0 Å². The van der Waals surface area contributed by atoms with E-state index in [0.29, 0.717) is 28.7 Å². The van der Waals surface area contributed by atoms with E-state index >= 15 is 0 Å². The maximum atomic E-state index is 11.9. The first-order valence-corrected chi connectivity index (χ1v) is 7.03. The maximum Gasteiger partial charge on any atom is 0.269 e. The molecule has 0 spiro atoms. The van der Waals surface area contributed by atoms with Gasteiger partial charge >= 0.3 is 0 Å². The van der Waals surface area contributed by atoms with Crippen LogP contribution >= 0.6 is 11.3 Å². The fourth-order valence-corrected chi connectivity index (χ4v) is 2.56. The maximum absolute atomic E-state index is 11.9. The minimum Gasteiger partial charge on any atom is -0.375 e. The van der Waals surface area contributed by atoms with Gasteiger partial charge in [0.2, 0.25) is 0 Å². The molecule has 0 aliphatic heterocycles. The van der Waals surface area contributed by atoms with Crippen molar-refractivity contribution in [3.63, 3.8) is 0 Å². The van der Waals surface area contributed by atoms with Gasteiger partial charge in [0.25, 0.3) is 11.6 Å². The number of amides is 1. The SMILES string of the molecule is Cc1nc(N)sc1C(=O)NCCc1ccc([N+](=O)[O-])cc1. The van der Waals surface area contributed by atoms with E-state index in [0.717, 1.165) is 16.9 Å². The largest absolute Gasteiger partial charge is 0.375 e. The number of hydrogen-bond donors (Lipinski definition) is 2. The molecule has 0 fully saturated rings. The van der Waals surface area contributed by atoms with E-state index in [9.17, 15) is 14.9 Å². The molecule has 1 heterocycles. The summed E-state index contributed by atoms with van der Waals surface area (Å²) < 4.78 is 0. The second-order valence-corrected chi connectivity index (χ2v) is 5.43. The third-order valence-corrected chi connectivity index (χ3v) is 3.85. The zero-order valence-electron chi connectivity index (χ0n) is 11.3. The normalized spacial score (nSPS) is 10.3. The Labute approximate surface area is 125 Å². The summed E-state index contributed by atoms with van der Waals surface area (Å²) >= 11 is 1.15. The summed E-state index contributed by atoms with van der Waals surface area (Å²) in [5.41, 5.74) is 7.14. The Hall–Kier alpha value is -2.48. The molecule has 0 bridgehead atoms. The minimum atomic E-state index is -0.442. The highest BCUT2D eigenvalue weighted by molar-refractivity contribution is 7.17. The number of carbonyl (C=O) groups excluding carboxylic acids is 1. The standard InChI is InChI=1S/C13H14N4O3S/c1-8-11(21-13(14)16-8)12(18)15-7-6-9-2-4-10(5-3-9)17(19)20/h2-5H,6-7H2,1H3,(H2,14,16)(H,15,18). The van der Waals surface area contributed by atoms with Gasteiger partial charge in [0.05, 0.1) is 10.6 Å². The second-order valence-electron chi connectivity index (χ2n) is 4.40. The van der Waals surface area contributed by atoms with Gasteiger partial charge in [-0.2, -0.15) is 0 Å². The molecule has 2 rings (SSSR count). The predicted octanol–water partition coefficient (Wildman–Crippen LogP) is 1.91. The van der Waals surface area contributed by atoms with Crippen LogP contribution in [0, 0.1) is 17.0 Å². The number of nitrogens with two attached hydrogens (primary N) is 1. The highest BCUT2D eigenvalue weighted by Crippen LogP contribution is 2.19. The van der Waals surface area contributed by atoms with E-state index in [-0.39, 0.29) is 11.6 Å². The number of carbonyl (C=O) groups is 1. The van der Waals surface area contributed by atoms with Crippen molar-refractivity contribution in [2.24, 2.45) is 0 Å². The molecular formula is C13H14N4O3S. The first kappa shape index (κ1) is 14.9. The Balaban J connectivity index is 1.88. The average molecular weight is 306 g/mol. The van der Waals surface area contributed by atoms with Crippen molar-refractivity contribution in [3.8, 4) is 0 Å². The molecule has 0 saturated carbocycles. The van der Waals surface area contributed by atoms with Crippen molar-refractivity contribution in [1.29, 1.82) is 0 Å². The summed E-state index contributed by atoms with van der Waals surface area (Å²) in [4.78, 5) is 26.5. The van der Waals surface area contributed by atoms with Crippen molar-refractivity contribution in [3.05, 3.63) is 50.5 Å². The molecule has 8 heteroatoms. The van der Waals surface area contributed by atoms with Gasteiger partial charge in [-0.1, -0.05) is 23.5 Å². The lowest BCUT2D eigenvalue weighted by Gasteiger charge is -2.04. The number of aryl methyl sites for hydroxylation is 1. The molecule has 0 atom stereocenters. The molecule has 0 aliphatic rings. The number of nitrogen functional groups attached to an aromatic ring is 1. The Kier molecular flexibility index (Phi) is 4.49. The van der Waals surface area contributed by atoms with Crippen molar-refractivity contribution >= 4 is 28.1 Å². The Morgan fingerprint density at radius 1 is 1.43 bits per heavy atom. The number of anilines is 1. The molecule has 1 aromatic heterocycles. The predicted molar refractivity (Wildman–Crippen MR) is 80.4 cm³/mol. The first-order valence-electron chi connectivity index (χ1n) is 6.22. The van der Waals surface area contributed by atoms with Crippen LogP contribution in [0.25, 0.3) is 0 Å². The van der Waals surface area contributed by atoms with Gasteiger partial charge in [0.1, 0.15) is 4.88 Å². The molecule has 0 unspecified atom stereocenters. The fourth-order valence-electron chi connectivity index (χ4n) is 1.81. The number of aromatic nitrogens is 1. The molecule has 0 saturated heterocycles. The zero-order chi connectivity index (χ0) is 15.4. The Bertz CT molecular complexity index is 667. The van der Waals surface area contributed by atoms with Crippen LogP contribution in [0.2, 0.25) is 0 Å². The van der Waals surface area contributed by atoms with Crippen molar-refractivity contribution in [2.75, 3.05) is 12.3 Å². The zero-order valence-corrected chi connectivity index (χ0v) is 12.1. The van der Waals surface area contributed by atoms with Crippen LogP contribution in [0.1, 0.15) is 20.9 Å². The van der Waals surface area contributed by atoms with Crippen molar-refractivity contribution in [2.45, 2.75) is 13.3 Å². The molecule has 0 radical (unpaired) electrons. The van der Waals surface area contributed by atoms with Crippen LogP contribution in [-0.2, 0) is 6.42 Å². The van der Waals surface area contributed by atoms with Gasteiger partial charge in [0.15, 0.2) is 5.13 Å². The summed E-state index contributed by atoms with van der Waals surface area (Å²) in [6.07, 6.45) is 0.594. The fraction of sp³-hybridized carbons (Fsp3) is 0.231. The molecule has 0 aliphatic carbocycles. The van der Waals surface area contributed by atoms with E-state index in [2.05, 4.69) is 10.3 Å². The molecule has 21 heavy (non-hydrogen) atoms.